The van der Waals surface area contributed by atoms with Gasteiger partial charge in [0.25, 0.3) is 0 Å². The summed E-state index contributed by atoms with van der Waals surface area (Å²) in [4.78, 5) is 18.1. The lowest BCUT2D eigenvalue weighted by molar-refractivity contribution is -0.116. The number of rotatable bonds is 4. The zero-order chi connectivity index (χ0) is 18.0. The minimum atomic E-state index is -0.528. The number of carbonyl (C=O) groups is 1. The lowest BCUT2D eigenvalue weighted by atomic mass is 10.1. The number of anilines is 1. The van der Waals surface area contributed by atoms with Crippen molar-refractivity contribution in [2.24, 2.45) is 0 Å². The molecule has 0 spiro atoms. The number of nitriles is 1. The normalized spacial score (nSPS) is 12.6. The SMILES string of the molecule is N#Cc1cc2c(nc1N(Cc1c(F)cccc1Cl)C(=O)CCl)CCC2. The summed E-state index contributed by atoms with van der Waals surface area (Å²) in [5.74, 6) is -1.11. The fourth-order valence-electron chi connectivity index (χ4n) is 2.94. The molecule has 3 rings (SSSR count). The van der Waals surface area contributed by atoms with Crippen LogP contribution in [-0.2, 0) is 24.2 Å². The first-order valence-electron chi connectivity index (χ1n) is 7.77. The van der Waals surface area contributed by atoms with E-state index in [2.05, 4.69) is 11.1 Å². The second kappa shape index (κ2) is 7.38. The molecule has 0 radical (unpaired) electrons. The number of benzene rings is 1. The van der Waals surface area contributed by atoms with E-state index in [1.165, 1.54) is 17.0 Å². The lowest BCUT2D eigenvalue weighted by Crippen LogP contribution is -2.33. The maximum absolute atomic E-state index is 14.2. The number of halogens is 3. The first kappa shape index (κ1) is 17.7. The molecule has 25 heavy (non-hydrogen) atoms. The largest absolute Gasteiger partial charge is 0.290 e. The highest BCUT2D eigenvalue weighted by molar-refractivity contribution is 6.31. The van der Waals surface area contributed by atoms with Crippen molar-refractivity contribution in [3.05, 3.63) is 57.5 Å². The van der Waals surface area contributed by atoms with Gasteiger partial charge in [0.1, 0.15) is 17.8 Å². The van der Waals surface area contributed by atoms with Gasteiger partial charge in [-0.3, -0.25) is 9.69 Å². The predicted octanol–water partition coefficient (Wildman–Crippen LogP) is 4.01. The Morgan fingerprint density at radius 1 is 1.40 bits per heavy atom. The molecule has 1 aromatic heterocycles. The van der Waals surface area contributed by atoms with Gasteiger partial charge in [-0.1, -0.05) is 17.7 Å². The molecule has 0 saturated heterocycles. The van der Waals surface area contributed by atoms with E-state index in [9.17, 15) is 14.4 Å². The van der Waals surface area contributed by atoms with Crippen molar-refractivity contribution in [2.45, 2.75) is 25.8 Å². The minimum absolute atomic E-state index is 0.141. The van der Waals surface area contributed by atoms with Gasteiger partial charge < -0.3 is 0 Å². The molecule has 2 aromatic rings. The van der Waals surface area contributed by atoms with Crippen LogP contribution < -0.4 is 4.90 Å². The average molecular weight is 378 g/mol. The van der Waals surface area contributed by atoms with Crippen LogP contribution in [0.2, 0.25) is 5.02 Å². The molecular formula is C18H14Cl2FN3O. The number of pyridine rings is 1. The fourth-order valence-corrected chi connectivity index (χ4v) is 3.31. The molecule has 128 valence electrons. The van der Waals surface area contributed by atoms with Crippen LogP contribution in [0.5, 0.6) is 0 Å². The van der Waals surface area contributed by atoms with Gasteiger partial charge in [-0.05, 0) is 43.0 Å². The Kier molecular flexibility index (Phi) is 5.22. The van der Waals surface area contributed by atoms with E-state index in [0.29, 0.717) is 0 Å². The zero-order valence-electron chi connectivity index (χ0n) is 13.2. The van der Waals surface area contributed by atoms with E-state index < -0.39 is 11.7 Å². The van der Waals surface area contributed by atoms with Crippen LogP contribution in [0.15, 0.2) is 24.3 Å². The molecule has 0 saturated carbocycles. The van der Waals surface area contributed by atoms with E-state index in [1.54, 1.807) is 12.1 Å². The molecule has 4 nitrogen and oxygen atoms in total. The van der Waals surface area contributed by atoms with Crippen molar-refractivity contribution in [1.29, 1.82) is 5.26 Å². The number of amides is 1. The number of alkyl halides is 1. The highest BCUT2D eigenvalue weighted by atomic mass is 35.5. The zero-order valence-corrected chi connectivity index (χ0v) is 14.7. The Bertz CT molecular complexity index is 859. The standard InChI is InChI=1S/C18H14Cl2FN3O/c19-8-17(25)24(10-13-14(20)4-2-5-15(13)21)18-12(9-22)7-11-3-1-6-16(11)23-18/h2,4-5,7H,1,3,6,8,10H2. The summed E-state index contributed by atoms with van der Waals surface area (Å²) in [7, 11) is 0. The van der Waals surface area contributed by atoms with Crippen LogP contribution in [0.4, 0.5) is 10.2 Å². The number of aryl methyl sites for hydroxylation is 2. The highest BCUT2D eigenvalue weighted by Gasteiger charge is 2.25. The maximum Gasteiger partial charge on any atom is 0.243 e. The molecule has 0 fully saturated rings. The number of fused-ring (bicyclic) bond motifs is 1. The predicted molar refractivity (Wildman–Crippen MR) is 94.3 cm³/mol. The van der Waals surface area contributed by atoms with Crippen LogP contribution in [0.25, 0.3) is 0 Å². The third-order valence-corrected chi connectivity index (χ3v) is 4.78. The molecule has 1 aliphatic carbocycles. The van der Waals surface area contributed by atoms with Gasteiger partial charge in [-0.2, -0.15) is 5.26 Å². The number of hydrogen-bond donors (Lipinski definition) is 0. The van der Waals surface area contributed by atoms with E-state index in [0.717, 1.165) is 30.5 Å². The van der Waals surface area contributed by atoms with Gasteiger partial charge in [-0.25, -0.2) is 9.37 Å². The topological polar surface area (TPSA) is 57.0 Å². The monoisotopic (exact) mass is 377 g/mol. The Balaban J connectivity index is 2.09. The first-order valence-corrected chi connectivity index (χ1v) is 8.68. The van der Waals surface area contributed by atoms with Crippen molar-refractivity contribution in [1.82, 2.24) is 4.98 Å². The van der Waals surface area contributed by atoms with Gasteiger partial charge in [0, 0.05) is 16.3 Å². The van der Waals surface area contributed by atoms with Crippen molar-refractivity contribution < 1.29 is 9.18 Å². The summed E-state index contributed by atoms with van der Waals surface area (Å²) in [6, 6.07) is 8.13. The minimum Gasteiger partial charge on any atom is -0.290 e. The summed E-state index contributed by atoms with van der Waals surface area (Å²) in [5, 5.41) is 9.67. The van der Waals surface area contributed by atoms with Crippen LogP contribution in [0.1, 0.15) is 28.8 Å². The molecule has 0 bridgehead atoms. The van der Waals surface area contributed by atoms with Gasteiger partial charge in [-0.15, -0.1) is 11.6 Å². The highest BCUT2D eigenvalue weighted by Crippen LogP contribution is 2.30. The van der Waals surface area contributed by atoms with Crippen LogP contribution >= 0.6 is 23.2 Å². The molecule has 1 aromatic carbocycles. The first-order chi connectivity index (χ1) is 12.0. The van der Waals surface area contributed by atoms with Crippen molar-refractivity contribution >= 4 is 34.9 Å². The van der Waals surface area contributed by atoms with Crippen molar-refractivity contribution in [3.63, 3.8) is 0 Å². The summed E-state index contributed by atoms with van der Waals surface area (Å²) < 4.78 is 14.2. The van der Waals surface area contributed by atoms with E-state index in [1.807, 2.05) is 0 Å². The van der Waals surface area contributed by atoms with Crippen LogP contribution in [0.3, 0.4) is 0 Å². The third-order valence-electron chi connectivity index (χ3n) is 4.20. The third kappa shape index (κ3) is 3.46. The van der Waals surface area contributed by atoms with Gasteiger partial charge in [0.2, 0.25) is 5.91 Å². The summed E-state index contributed by atoms with van der Waals surface area (Å²) in [6.07, 6.45) is 2.61. The number of aromatic nitrogens is 1. The Morgan fingerprint density at radius 2 is 2.20 bits per heavy atom. The Hall–Kier alpha value is -2.16. The number of nitrogens with zero attached hydrogens (tertiary/aromatic N) is 3. The lowest BCUT2D eigenvalue weighted by Gasteiger charge is -2.23. The molecular weight excluding hydrogens is 364 g/mol. The summed E-state index contributed by atoms with van der Waals surface area (Å²) >= 11 is 11.8. The molecule has 0 unspecified atom stereocenters. The Morgan fingerprint density at radius 3 is 2.88 bits per heavy atom. The molecule has 1 aliphatic rings. The van der Waals surface area contributed by atoms with E-state index >= 15 is 0 Å². The molecule has 7 heteroatoms. The van der Waals surface area contributed by atoms with E-state index in [4.69, 9.17) is 23.2 Å². The fraction of sp³-hybridized carbons (Fsp3) is 0.278. The van der Waals surface area contributed by atoms with Crippen molar-refractivity contribution in [2.75, 3.05) is 10.8 Å². The molecule has 0 aliphatic heterocycles. The molecule has 1 amide bonds. The van der Waals surface area contributed by atoms with Crippen molar-refractivity contribution in [3.8, 4) is 6.07 Å². The molecule has 1 heterocycles. The maximum atomic E-state index is 14.2. The second-order valence-corrected chi connectivity index (χ2v) is 6.42. The second-order valence-electron chi connectivity index (χ2n) is 5.74. The van der Waals surface area contributed by atoms with Crippen LogP contribution in [-0.4, -0.2) is 16.8 Å². The van der Waals surface area contributed by atoms with Gasteiger partial charge in [0.15, 0.2) is 5.82 Å². The molecule has 0 atom stereocenters. The van der Waals surface area contributed by atoms with E-state index in [-0.39, 0.29) is 34.4 Å². The smallest absolute Gasteiger partial charge is 0.243 e. The van der Waals surface area contributed by atoms with Gasteiger partial charge >= 0.3 is 0 Å². The summed E-state index contributed by atoms with van der Waals surface area (Å²) in [5.41, 5.74) is 2.31. The average Bonchev–Trinajstić information content (AvgIpc) is 3.07. The summed E-state index contributed by atoms with van der Waals surface area (Å²) in [6.45, 7) is -0.141. The quantitative estimate of drug-likeness (QED) is 0.756. The number of hydrogen-bond acceptors (Lipinski definition) is 3. The van der Waals surface area contributed by atoms with Crippen LogP contribution in [0, 0.1) is 17.1 Å². The Labute approximate surface area is 154 Å². The van der Waals surface area contributed by atoms with Gasteiger partial charge in [0.05, 0.1) is 12.1 Å². The molecule has 0 N–H and O–H groups in total. The number of carbonyl (C=O) groups excluding carboxylic acids is 1.